The van der Waals surface area contributed by atoms with Crippen LogP contribution >= 0.6 is 0 Å². The van der Waals surface area contributed by atoms with E-state index in [-0.39, 0.29) is 16.9 Å². The van der Waals surface area contributed by atoms with Crippen LogP contribution in [0.1, 0.15) is 65.5 Å². The van der Waals surface area contributed by atoms with Gasteiger partial charge in [-0.1, -0.05) is 82.3 Å². The number of carbonyl (C=O) groups excluding carboxylic acids is 3. The molecule has 7 nitrogen and oxygen atoms in total. The summed E-state index contributed by atoms with van der Waals surface area (Å²) in [6.45, 7) is 15.0. The fourth-order valence-corrected chi connectivity index (χ4v) is 7.79. The zero-order valence-electron chi connectivity index (χ0n) is 26.5. The number of hydrogen-bond donors (Lipinski definition) is 2. The predicted molar refractivity (Wildman–Crippen MR) is 176 cm³/mol. The molecule has 1 unspecified atom stereocenters. The third-order valence-electron chi connectivity index (χ3n) is 10.0. The maximum Gasteiger partial charge on any atom is 0.328 e. The molecule has 2 aromatic carbocycles. The van der Waals surface area contributed by atoms with Gasteiger partial charge in [0.2, 0.25) is 11.8 Å². The van der Waals surface area contributed by atoms with Gasteiger partial charge in [0.15, 0.2) is 0 Å². The van der Waals surface area contributed by atoms with Crippen LogP contribution in [0.25, 0.3) is 0 Å². The second-order valence-electron chi connectivity index (χ2n) is 13.1. The number of anilines is 2. The van der Waals surface area contributed by atoms with Gasteiger partial charge in [0.1, 0.15) is 5.92 Å². The number of barbiturate groups is 1. The Morgan fingerprint density at radius 2 is 1.45 bits per heavy atom. The molecule has 0 radical (unpaired) electrons. The SMILES string of the molecule is CCN1C(=CC=C2CCC(C=CC3N(CC)c4ccccc4C3(C)C)=C2C2C(=O)NC(=O)NC2=O)C(C)(C)c2ccccc21. The number of allylic oxidation sites excluding steroid dienone is 6. The summed E-state index contributed by atoms with van der Waals surface area (Å²) in [7, 11) is 0. The molecule has 2 aromatic rings. The number of fused-ring (bicyclic) bond motifs is 2. The van der Waals surface area contributed by atoms with E-state index in [9.17, 15) is 14.4 Å². The number of hydrogen-bond acceptors (Lipinski definition) is 5. The third kappa shape index (κ3) is 4.61. The normalized spacial score (nSPS) is 24.5. The molecule has 3 aliphatic heterocycles. The van der Waals surface area contributed by atoms with E-state index in [2.05, 4.69) is 135 Å². The number of para-hydroxylation sites is 2. The molecule has 4 amide bonds. The lowest BCUT2D eigenvalue weighted by molar-refractivity contribution is -0.134. The molecule has 0 bridgehead atoms. The van der Waals surface area contributed by atoms with Crippen molar-refractivity contribution in [2.45, 2.75) is 71.3 Å². The van der Waals surface area contributed by atoms with Gasteiger partial charge in [-0.2, -0.15) is 0 Å². The average molecular weight is 591 g/mol. The second kappa shape index (κ2) is 11.0. The van der Waals surface area contributed by atoms with Gasteiger partial charge < -0.3 is 9.80 Å². The summed E-state index contributed by atoms with van der Waals surface area (Å²) >= 11 is 0. The Bertz CT molecular complexity index is 1650. The Balaban J connectivity index is 1.43. The molecule has 0 aromatic heterocycles. The lowest BCUT2D eigenvalue weighted by atomic mass is 9.80. The lowest BCUT2D eigenvalue weighted by Crippen LogP contribution is -2.56. The van der Waals surface area contributed by atoms with Crippen LogP contribution in [-0.2, 0) is 20.4 Å². The minimum absolute atomic E-state index is 0.111. The highest BCUT2D eigenvalue weighted by Gasteiger charge is 2.44. The van der Waals surface area contributed by atoms with Gasteiger partial charge in [0, 0.05) is 41.0 Å². The summed E-state index contributed by atoms with van der Waals surface area (Å²) in [5.74, 6) is -2.24. The predicted octanol–water partition coefficient (Wildman–Crippen LogP) is 6.43. The van der Waals surface area contributed by atoms with Crippen molar-refractivity contribution in [3.05, 3.63) is 106 Å². The molecule has 44 heavy (non-hydrogen) atoms. The van der Waals surface area contributed by atoms with E-state index in [0.29, 0.717) is 18.4 Å². The number of amides is 4. The van der Waals surface area contributed by atoms with Gasteiger partial charge in [-0.3, -0.25) is 20.2 Å². The zero-order chi connectivity index (χ0) is 31.4. The zero-order valence-corrected chi connectivity index (χ0v) is 26.5. The van der Waals surface area contributed by atoms with E-state index in [1.165, 1.54) is 28.2 Å². The summed E-state index contributed by atoms with van der Waals surface area (Å²) in [6, 6.07) is 16.4. The van der Waals surface area contributed by atoms with Crippen LogP contribution < -0.4 is 20.4 Å². The smallest absolute Gasteiger partial charge is 0.328 e. The maximum absolute atomic E-state index is 13.2. The molecule has 6 rings (SSSR count). The van der Waals surface area contributed by atoms with Crippen molar-refractivity contribution in [2.24, 2.45) is 5.92 Å². The second-order valence-corrected chi connectivity index (χ2v) is 13.1. The highest BCUT2D eigenvalue weighted by Crippen LogP contribution is 2.49. The molecule has 4 aliphatic rings. The fraction of sp³-hybridized carbons (Fsp3) is 0.378. The van der Waals surface area contributed by atoms with Gasteiger partial charge in [-0.05, 0) is 72.7 Å². The van der Waals surface area contributed by atoms with Crippen molar-refractivity contribution in [3.63, 3.8) is 0 Å². The highest BCUT2D eigenvalue weighted by molar-refractivity contribution is 6.18. The Morgan fingerprint density at radius 1 is 0.818 bits per heavy atom. The molecule has 1 saturated heterocycles. The number of urea groups is 1. The minimum atomic E-state index is -1.09. The van der Waals surface area contributed by atoms with E-state index in [1.54, 1.807) is 0 Å². The monoisotopic (exact) mass is 590 g/mol. The lowest BCUT2D eigenvalue weighted by Gasteiger charge is -2.31. The third-order valence-corrected chi connectivity index (χ3v) is 10.0. The summed E-state index contributed by atoms with van der Waals surface area (Å²) in [4.78, 5) is 43.1. The number of nitrogens with one attached hydrogen (secondary N) is 2. The number of rotatable bonds is 6. The van der Waals surface area contributed by atoms with Crippen LogP contribution in [0.4, 0.5) is 16.2 Å². The summed E-state index contributed by atoms with van der Waals surface area (Å²) < 4.78 is 0. The minimum Gasteiger partial charge on any atom is -0.364 e. The molecule has 2 N–H and O–H groups in total. The van der Waals surface area contributed by atoms with E-state index >= 15 is 0 Å². The molecule has 1 atom stereocenters. The highest BCUT2D eigenvalue weighted by atomic mass is 16.2. The summed E-state index contributed by atoms with van der Waals surface area (Å²) in [5, 5.41) is 4.65. The van der Waals surface area contributed by atoms with Crippen molar-refractivity contribution in [2.75, 3.05) is 22.9 Å². The van der Waals surface area contributed by atoms with Crippen molar-refractivity contribution in [1.82, 2.24) is 10.6 Å². The molecule has 0 saturated carbocycles. The Labute approximate surface area is 260 Å². The topological polar surface area (TPSA) is 81.8 Å². The first-order valence-corrected chi connectivity index (χ1v) is 15.7. The van der Waals surface area contributed by atoms with E-state index in [0.717, 1.165) is 24.2 Å². The number of imide groups is 2. The van der Waals surface area contributed by atoms with Crippen molar-refractivity contribution in [3.8, 4) is 0 Å². The van der Waals surface area contributed by atoms with Crippen LogP contribution in [0.5, 0.6) is 0 Å². The molecule has 1 fully saturated rings. The number of likely N-dealkylation sites (N-methyl/N-ethyl adjacent to an activating group) is 2. The van der Waals surface area contributed by atoms with Crippen molar-refractivity contribution >= 4 is 29.2 Å². The first-order valence-electron chi connectivity index (χ1n) is 15.7. The van der Waals surface area contributed by atoms with E-state index in [1.807, 2.05) is 0 Å². The van der Waals surface area contributed by atoms with Gasteiger partial charge in [0.25, 0.3) is 0 Å². The van der Waals surface area contributed by atoms with Crippen LogP contribution in [0.2, 0.25) is 0 Å². The first kappa shape index (κ1) is 29.7. The average Bonchev–Trinajstić information content (AvgIpc) is 3.55. The standard InChI is InChI=1S/C37H42N4O3/c1-7-40-27-15-11-9-13-25(27)36(3,4)29(40)21-19-23-17-18-24(31(23)32-33(42)38-35(44)39-34(32)43)20-22-30-37(5,6)26-14-10-12-16-28(26)41(30)8-2/h9-16,19-22,29,32H,7-8,17-18H2,1-6H3,(H2,38,39,42,43,44). The van der Waals surface area contributed by atoms with Crippen molar-refractivity contribution in [1.29, 1.82) is 0 Å². The molecule has 7 heteroatoms. The number of benzene rings is 2. The van der Waals surface area contributed by atoms with E-state index in [4.69, 9.17) is 0 Å². The number of carbonyl (C=O) groups is 3. The largest absolute Gasteiger partial charge is 0.364 e. The Kier molecular flexibility index (Phi) is 7.39. The molecular formula is C37H42N4O3. The molecule has 3 heterocycles. The molecule has 0 spiro atoms. The summed E-state index contributed by atoms with van der Waals surface area (Å²) in [5.41, 5.74) is 8.51. The Morgan fingerprint density at radius 3 is 2.11 bits per heavy atom. The quantitative estimate of drug-likeness (QED) is 0.379. The van der Waals surface area contributed by atoms with Gasteiger partial charge in [0.05, 0.1) is 6.04 Å². The van der Waals surface area contributed by atoms with Crippen molar-refractivity contribution < 1.29 is 14.4 Å². The molecule has 1 aliphatic carbocycles. The molecule has 228 valence electrons. The van der Waals surface area contributed by atoms with Gasteiger partial charge in [-0.25, -0.2) is 4.79 Å². The van der Waals surface area contributed by atoms with Gasteiger partial charge >= 0.3 is 6.03 Å². The van der Waals surface area contributed by atoms with Crippen LogP contribution in [0.15, 0.2) is 95.3 Å². The fourth-order valence-electron chi connectivity index (χ4n) is 7.79. The van der Waals surface area contributed by atoms with E-state index < -0.39 is 23.8 Å². The van der Waals surface area contributed by atoms with Gasteiger partial charge in [-0.15, -0.1) is 0 Å². The Hall–Kier alpha value is -4.39. The molecular weight excluding hydrogens is 548 g/mol. The van der Waals surface area contributed by atoms with Crippen LogP contribution in [0.3, 0.4) is 0 Å². The van der Waals surface area contributed by atoms with Crippen LogP contribution in [-0.4, -0.2) is 37.0 Å². The first-order chi connectivity index (χ1) is 21.0. The van der Waals surface area contributed by atoms with Crippen LogP contribution in [0, 0.1) is 5.92 Å². The number of nitrogens with zero attached hydrogens (tertiary/aromatic N) is 2. The maximum atomic E-state index is 13.2. The summed E-state index contributed by atoms with van der Waals surface area (Å²) in [6.07, 6.45) is 10.0.